The summed E-state index contributed by atoms with van der Waals surface area (Å²) in [6.07, 6.45) is 0. The Bertz CT molecular complexity index is 1280. The van der Waals surface area contributed by atoms with E-state index in [2.05, 4.69) is 31.9 Å². The van der Waals surface area contributed by atoms with Crippen molar-refractivity contribution in [1.29, 1.82) is 0 Å². The van der Waals surface area contributed by atoms with E-state index in [1.165, 1.54) is 17.0 Å². The minimum Gasteiger partial charge on any atom is -0.457 e. The van der Waals surface area contributed by atoms with Crippen molar-refractivity contribution < 1.29 is 17.9 Å². The summed E-state index contributed by atoms with van der Waals surface area (Å²) in [6, 6.07) is 18.8. The van der Waals surface area contributed by atoms with Crippen molar-refractivity contribution in [2.24, 2.45) is 5.92 Å². The molecule has 0 saturated heterocycles. The van der Waals surface area contributed by atoms with Crippen molar-refractivity contribution in [3.05, 3.63) is 86.3 Å². The molecule has 0 saturated carbocycles. The Balaban J connectivity index is 1.88. The van der Waals surface area contributed by atoms with Crippen LogP contribution in [0, 0.1) is 5.92 Å². The second-order valence-electron chi connectivity index (χ2n) is 8.17. The van der Waals surface area contributed by atoms with E-state index >= 15 is 0 Å². The molecular formula is C25H24Br2ClNO4S. The van der Waals surface area contributed by atoms with Crippen LogP contribution in [-0.4, -0.2) is 31.5 Å². The Morgan fingerprint density at radius 3 is 2.26 bits per heavy atom. The van der Waals surface area contributed by atoms with Crippen molar-refractivity contribution in [1.82, 2.24) is 4.90 Å². The van der Waals surface area contributed by atoms with E-state index < -0.39 is 26.9 Å². The van der Waals surface area contributed by atoms with E-state index in [0.29, 0.717) is 16.5 Å². The molecule has 3 aromatic rings. The zero-order valence-corrected chi connectivity index (χ0v) is 23.6. The van der Waals surface area contributed by atoms with Crippen LogP contribution < -0.4 is 4.74 Å². The molecule has 0 fully saturated rings. The van der Waals surface area contributed by atoms with Gasteiger partial charge in [0.2, 0.25) is 5.91 Å². The summed E-state index contributed by atoms with van der Waals surface area (Å²) in [6.45, 7) is 3.64. The number of ether oxygens (including phenoxy) is 1. The number of halogens is 3. The molecule has 0 aliphatic carbocycles. The molecule has 0 bridgehead atoms. The number of benzene rings is 3. The van der Waals surface area contributed by atoms with Gasteiger partial charge in [0.05, 0.1) is 4.90 Å². The largest absolute Gasteiger partial charge is 0.457 e. The highest BCUT2D eigenvalue weighted by Gasteiger charge is 2.38. The second kappa shape index (κ2) is 11.2. The van der Waals surface area contributed by atoms with Crippen molar-refractivity contribution in [2.75, 3.05) is 7.05 Å². The molecule has 0 N–H and O–H groups in total. The molecule has 1 atom stereocenters. The monoisotopic (exact) mass is 627 g/mol. The van der Waals surface area contributed by atoms with E-state index in [4.69, 9.17) is 16.3 Å². The van der Waals surface area contributed by atoms with Crippen molar-refractivity contribution in [3.63, 3.8) is 0 Å². The third-order valence-corrected chi connectivity index (χ3v) is 8.76. The predicted octanol–water partition coefficient (Wildman–Crippen LogP) is 7.11. The Hall–Kier alpha value is -1.87. The van der Waals surface area contributed by atoms with Gasteiger partial charge in [-0.1, -0.05) is 69.4 Å². The second-order valence-corrected chi connectivity index (χ2v) is 12.5. The van der Waals surface area contributed by atoms with Crippen LogP contribution in [0.25, 0.3) is 0 Å². The summed E-state index contributed by atoms with van der Waals surface area (Å²) < 4.78 is 34.3. The lowest BCUT2D eigenvalue weighted by atomic mass is 10.1. The van der Waals surface area contributed by atoms with Gasteiger partial charge in [-0.3, -0.25) is 4.79 Å². The highest BCUT2D eigenvalue weighted by Crippen LogP contribution is 2.31. The maximum Gasteiger partial charge on any atom is 0.241 e. The molecule has 0 aliphatic heterocycles. The van der Waals surface area contributed by atoms with Crippen molar-refractivity contribution in [3.8, 4) is 11.5 Å². The lowest BCUT2D eigenvalue weighted by Crippen LogP contribution is -2.43. The molecule has 1 amide bonds. The minimum absolute atomic E-state index is 0.116. The van der Waals surface area contributed by atoms with Gasteiger partial charge in [-0.25, -0.2) is 8.42 Å². The summed E-state index contributed by atoms with van der Waals surface area (Å²) >= 11 is 12.8. The van der Waals surface area contributed by atoms with Crippen LogP contribution in [0.15, 0.2) is 80.6 Å². The Morgan fingerprint density at radius 1 is 1.00 bits per heavy atom. The number of carbonyl (C=O) groups excluding carboxylic acids is 1. The number of carbonyl (C=O) groups is 1. The van der Waals surface area contributed by atoms with Crippen molar-refractivity contribution >= 4 is 59.2 Å². The van der Waals surface area contributed by atoms with E-state index in [-0.39, 0.29) is 11.4 Å². The fraction of sp³-hybridized carbons (Fsp3) is 0.240. The molecule has 1 unspecified atom stereocenters. The van der Waals surface area contributed by atoms with Crippen LogP contribution in [0.1, 0.15) is 19.4 Å². The van der Waals surface area contributed by atoms with Gasteiger partial charge in [0, 0.05) is 33.1 Å². The maximum absolute atomic E-state index is 13.4. The first-order chi connectivity index (χ1) is 16.0. The molecular weight excluding hydrogens is 606 g/mol. The van der Waals surface area contributed by atoms with Crippen LogP contribution in [0.5, 0.6) is 11.5 Å². The number of nitrogens with zero attached hydrogens (tertiary/aromatic N) is 1. The molecule has 0 heterocycles. The smallest absolute Gasteiger partial charge is 0.241 e. The molecule has 0 radical (unpaired) electrons. The number of sulfone groups is 1. The molecule has 34 heavy (non-hydrogen) atoms. The summed E-state index contributed by atoms with van der Waals surface area (Å²) in [7, 11) is -2.29. The Morgan fingerprint density at radius 2 is 1.65 bits per heavy atom. The molecule has 5 nitrogen and oxygen atoms in total. The summed E-state index contributed by atoms with van der Waals surface area (Å²) in [4.78, 5) is 15.0. The van der Waals surface area contributed by atoms with Crippen LogP contribution in [0.3, 0.4) is 0 Å². The summed E-state index contributed by atoms with van der Waals surface area (Å²) in [5.41, 5.74) is 0.725. The topological polar surface area (TPSA) is 63.7 Å². The normalized spacial score (nSPS) is 12.4. The van der Waals surface area contributed by atoms with Gasteiger partial charge in [0.15, 0.2) is 9.84 Å². The fourth-order valence-corrected chi connectivity index (χ4v) is 6.26. The van der Waals surface area contributed by atoms with Gasteiger partial charge in [-0.15, -0.1) is 0 Å². The van der Waals surface area contributed by atoms with Crippen LogP contribution in [0.4, 0.5) is 0 Å². The van der Waals surface area contributed by atoms with Crippen LogP contribution in [-0.2, 0) is 21.2 Å². The lowest BCUT2D eigenvalue weighted by molar-refractivity contribution is -0.130. The van der Waals surface area contributed by atoms with Gasteiger partial charge in [0.1, 0.15) is 16.7 Å². The van der Waals surface area contributed by atoms with E-state index in [1.54, 1.807) is 63.4 Å². The first-order valence-corrected chi connectivity index (χ1v) is 14.0. The van der Waals surface area contributed by atoms with Gasteiger partial charge in [0.25, 0.3) is 0 Å². The average Bonchev–Trinajstić information content (AvgIpc) is 2.75. The molecule has 0 aliphatic rings. The third kappa shape index (κ3) is 6.42. The molecule has 0 spiro atoms. The standard InChI is InChI=1S/C25H24Br2ClNO4S/c1-16(2)24(34(31,32)22-11-9-18(26)10-12-22)25(30)29(3)15-17-7-8-19(27)13-23(17)33-21-6-4-5-20(28)14-21/h4-14,16,24H,15H2,1-3H3. The van der Waals surface area contributed by atoms with E-state index in [1.807, 2.05) is 12.1 Å². The molecule has 3 aromatic carbocycles. The number of hydrogen-bond acceptors (Lipinski definition) is 4. The highest BCUT2D eigenvalue weighted by atomic mass is 79.9. The van der Waals surface area contributed by atoms with Gasteiger partial charge in [-0.2, -0.15) is 0 Å². The highest BCUT2D eigenvalue weighted by molar-refractivity contribution is 9.10. The molecule has 9 heteroatoms. The van der Waals surface area contributed by atoms with Crippen LogP contribution >= 0.6 is 43.5 Å². The maximum atomic E-state index is 13.4. The van der Waals surface area contributed by atoms with E-state index in [9.17, 15) is 13.2 Å². The zero-order valence-electron chi connectivity index (χ0n) is 18.8. The van der Waals surface area contributed by atoms with Crippen molar-refractivity contribution in [2.45, 2.75) is 30.5 Å². The van der Waals surface area contributed by atoms with E-state index in [0.717, 1.165) is 14.5 Å². The number of amides is 1. The van der Waals surface area contributed by atoms with Gasteiger partial charge >= 0.3 is 0 Å². The molecule has 180 valence electrons. The third-order valence-electron chi connectivity index (χ3n) is 5.16. The Kier molecular flexibility index (Phi) is 8.84. The fourth-order valence-electron chi connectivity index (χ4n) is 3.51. The zero-order chi connectivity index (χ0) is 25.0. The Labute approximate surface area is 222 Å². The first-order valence-electron chi connectivity index (χ1n) is 10.5. The predicted molar refractivity (Wildman–Crippen MR) is 142 cm³/mol. The molecule has 0 aromatic heterocycles. The molecule has 3 rings (SSSR count). The summed E-state index contributed by atoms with van der Waals surface area (Å²) in [5.74, 6) is 0.192. The minimum atomic E-state index is -3.89. The van der Waals surface area contributed by atoms with Gasteiger partial charge < -0.3 is 9.64 Å². The van der Waals surface area contributed by atoms with Gasteiger partial charge in [-0.05, 0) is 60.5 Å². The number of hydrogen-bond donors (Lipinski definition) is 0. The summed E-state index contributed by atoms with van der Waals surface area (Å²) in [5, 5.41) is -0.675. The first kappa shape index (κ1) is 26.7. The lowest BCUT2D eigenvalue weighted by Gasteiger charge is -2.27. The SMILES string of the molecule is CC(C)C(C(=O)N(C)Cc1ccc(Br)cc1Oc1cccc(Cl)c1)S(=O)(=O)c1ccc(Br)cc1. The van der Waals surface area contributed by atoms with Crippen LogP contribution in [0.2, 0.25) is 5.02 Å². The quantitative estimate of drug-likeness (QED) is 0.266. The average molecular weight is 630 g/mol. The number of rotatable bonds is 8.